The van der Waals surface area contributed by atoms with Gasteiger partial charge < -0.3 is 14.8 Å². The summed E-state index contributed by atoms with van der Waals surface area (Å²) in [5, 5.41) is 8.47. The summed E-state index contributed by atoms with van der Waals surface area (Å²) in [4.78, 5) is 9.07. The van der Waals surface area contributed by atoms with Crippen molar-refractivity contribution in [2.75, 3.05) is 25.6 Å². The molecule has 142 valence electrons. The predicted octanol–water partition coefficient (Wildman–Crippen LogP) is 3.60. The number of benzene rings is 1. The minimum absolute atomic E-state index is 0.415. The highest BCUT2D eigenvalue weighted by Gasteiger charge is 2.21. The van der Waals surface area contributed by atoms with Crippen LogP contribution in [0.15, 0.2) is 24.3 Å². The molecule has 1 aliphatic rings. The normalized spacial score (nSPS) is 15.2. The number of nitrogens with zero attached hydrogens (tertiary/aromatic N) is 4. The standard InChI is InChI=1S/C19H22ClN5O2/c1-12-9-16(14-5-7-27-8-6-14)25-19(22-12)23-18(24-25)21-11-13-3-4-17(26-2)15(20)10-13/h3-4,9-10,14H,5-8,11H2,1-2H3,(H,21,24). The van der Waals surface area contributed by atoms with E-state index in [2.05, 4.69) is 26.4 Å². The molecule has 3 aromatic rings. The lowest BCUT2D eigenvalue weighted by Crippen LogP contribution is -2.17. The van der Waals surface area contributed by atoms with E-state index < -0.39 is 0 Å². The molecule has 0 atom stereocenters. The Morgan fingerprint density at radius 1 is 1.26 bits per heavy atom. The summed E-state index contributed by atoms with van der Waals surface area (Å²) in [6.45, 7) is 4.12. The zero-order valence-corrected chi connectivity index (χ0v) is 16.2. The third-order valence-corrected chi connectivity index (χ3v) is 5.07. The van der Waals surface area contributed by atoms with Gasteiger partial charge in [-0.2, -0.15) is 9.50 Å². The first-order chi connectivity index (χ1) is 13.1. The van der Waals surface area contributed by atoms with Crippen LogP contribution in [-0.2, 0) is 11.3 Å². The van der Waals surface area contributed by atoms with Gasteiger partial charge in [0.25, 0.3) is 5.78 Å². The Labute approximate surface area is 162 Å². The molecule has 8 heteroatoms. The monoisotopic (exact) mass is 387 g/mol. The van der Waals surface area contributed by atoms with Gasteiger partial charge in [-0.15, -0.1) is 5.10 Å². The van der Waals surface area contributed by atoms with Gasteiger partial charge >= 0.3 is 0 Å². The molecular formula is C19H22ClN5O2. The Hall–Kier alpha value is -2.38. The summed E-state index contributed by atoms with van der Waals surface area (Å²) >= 11 is 6.19. The van der Waals surface area contributed by atoms with Gasteiger partial charge in [-0.3, -0.25) is 0 Å². The maximum atomic E-state index is 6.19. The van der Waals surface area contributed by atoms with Crippen molar-refractivity contribution in [3.05, 3.63) is 46.2 Å². The average molecular weight is 388 g/mol. The molecule has 1 N–H and O–H groups in total. The van der Waals surface area contributed by atoms with Crippen molar-refractivity contribution in [3.8, 4) is 5.75 Å². The van der Waals surface area contributed by atoms with Crippen LogP contribution in [0.2, 0.25) is 5.02 Å². The quantitative estimate of drug-likeness (QED) is 0.721. The highest BCUT2D eigenvalue weighted by Crippen LogP contribution is 2.28. The second-order valence-electron chi connectivity index (χ2n) is 6.68. The van der Waals surface area contributed by atoms with Gasteiger partial charge in [0.05, 0.1) is 17.8 Å². The van der Waals surface area contributed by atoms with Crippen LogP contribution in [0.1, 0.15) is 35.7 Å². The lowest BCUT2D eigenvalue weighted by Gasteiger charge is -2.22. The number of hydrogen-bond acceptors (Lipinski definition) is 6. The van der Waals surface area contributed by atoms with E-state index >= 15 is 0 Å². The number of nitrogens with one attached hydrogen (secondary N) is 1. The molecule has 3 heterocycles. The van der Waals surface area contributed by atoms with Crippen LogP contribution in [0, 0.1) is 6.92 Å². The molecular weight excluding hydrogens is 366 g/mol. The van der Waals surface area contributed by atoms with Crippen molar-refractivity contribution in [1.82, 2.24) is 19.6 Å². The second kappa shape index (κ2) is 7.70. The van der Waals surface area contributed by atoms with Crippen LogP contribution in [0.5, 0.6) is 5.75 Å². The van der Waals surface area contributed by atoms with Gasteiger partial charge in [-0.1, -0.05) is 17.7 Å². The molecule has 0 amide bonds. The first kappa shape index (κ1) is 18.0. The number of aromatic nitrogens is 4. The third-order valence-electron chi connectivity index (χ3n) is 4.77. The van der Waals surface area contributed by atoms with Gasteiger partial charge in [0.15, 0.2) is 0 Å². The van der Waals surface area contributed by atoms with Crippen molar-refractivity contribution in [3.63, 3.8) is 0 Å². The summed E-state index contributed by atoms with van der Waals surface area (Å²) < 4.78 is 12.5. The molecule has 1 saturated heterocycles. The number of halogens is 1. The highest BCUT2D eigenvalue weighted by molar-refractivity contribution is 6.32. The molecule has 1 aliphatic heterocycles. The van der Waals surface area contributed by atoms with Gasteiger partial charge in [-0.05, 0) is 43.5 Å². The largest absolute Gasteiger partial charge is 0.495 e. The van der Waals surface area contributed by atoms with E-state index in [4.69, 9.17) is 21.1 Å². The van der Waals surface area contributed by atoms with Crippen molar-refractivity contribution in [2.24, 2.45) is 0 Å². The molecule has 0 aliphatic carbocycles. The fraction of sp³-hybridized carbons (Fsp3) is 0.421. The number of rotatable bonds is 5. The maximum absolute atomic E-state index is 6.19. The van der Waals surface area contributed by atoms with E-state index in [1.54, 1.807) is 7.11 Å². The van der Waals surface area contributed by atoms with Crippen molar-refractivity contribution in [2.45, 2.75) is 32.2 Å². The Morgan fingerprint density at radius 3 is 2.81 bits per heavy atom. The average Bonchev–Trinajstić information content (AvgIpc) is 3.09. The Balaban J connectivity index is 1.57. The first-order valence-corrected chi connectivity index (χ1v) is 9.40. The zero-order valence-electron chi connectivity index (χ0n) is 15.4. The minimum atomic E-state index is 0.415. The molecule has 0 spiro atoms. The molecule has 1 aromatic carbocycles. The van der Waals surface area contributed by atoms with Crippen LogP contribution in [0.25, 0.3) is 5.78 Å². The van der Waals surface area contributed by atoms with E-state index in [0.717, 1.165) is 43.0 Å². The first-order valence-electron chi connectivity index (χ1n) is 9.02. The van der Waals surface area contributed by atoms with E-state index in [0.29, 0.717) is 35.0 Å². The molecule has 2 aromatic heterocycles. The maximum Gasteiger partial charge on any atom is 0.254 e. The smallest absolute Gasteiger partial charge is 0.254 e. The van der Waals surface area contributed by atoms with Gasteiger partial charge in [0, 0.05) is 31.4 Å². The van der Waals surface area contributed by atoms with Gasteiger partial charge in [0.1, 0.15) is 5.75 Å². The Morgan fingerprint density at radius 2 is 2.07 bits per heavy atom. The van der Waals surface area contributed by atoms with Crippen LogP contribution in [0.4, 0.5) is 5.95 Å². The summed E-state index contributed by atoms with van der Waals surface area (Å²) in [5.41, 5.74) is 3.12. The summed E-state index contributed by atoms with van der Waals surface area (Å²) in [6, 6.07) is 7.79. The number of fused-ring (bicyclic) bond motifs is 1. The van der Waals surface area contributed by atoms with Crippen molar-refractivity contribution >= 4 is 23.3 Å². The molecule has 7 nitrogen and oxygen atoms in total. The van der Waals surface area contributed by atoms with Crippen molar-refractivity contribution in [1.29, 1.82) is 0 Å². The van der Waals surface area contributed by atoms with Gasteiger partial charge in [-0.25, -0.2) is 4.98 Å². The number of anilines is 1. The number of hydrogen-bond donors (Lipinski definition) is 1. The van der Waals surface area contributed by atoms with Gasteiger partial charge in [0.2, 0.25) is 5.95 Å². The minimum Gasteiger partial charge on any atom is -0.495 e. The summed E-state index contributed by atoms with van der Waals surface area (Å²) in [7, 11) is 1.60. The fourth-order valence-electron chi connectivity index (χ4n) is 3.37. The number of aryl methyl sites for hydroxylation is 1. The highest BCUT2D eigenvalue weighted by atomic mass is 35.5. The second-order valence-corrected chi connectivity index (χ2v) is 7.09. The summed E-state index contributed by atoms with van der Waals surface area (Å²) in [5.74, 6) is 2.24. The Bertz CT molecular complexity index is 953. The van der Waals surface area contributed by atoms with Crippen LogP contribution >= 0.6 is 11.6 Å². The van der Waals surface area contributed by atoms with Crippen LogP contribution in [-0.4, -0.2) is 39.9 Å². The van der Waals surface area contributed by atoms with Crippen LogP contribution < -0.4 is 10.1 Å². The Kier molecular flexibility index (Phi) is 5.13. The number of ether oxygens (including phenoxy) is 2. The van der Waals surface area contributed by atoms with Crippen molar-refractivity contribution < 1.29 is 9.47 Å². The molecule has 1 fully saturated rings. The predicted molar refractivity (Wildman–Crippen MR) is 104 cm³/mol. The van der Waals surface area contributed by atoms with Crippen LogP contribution in [0.3, 0.4) is 0 Å². The molecule has 27 heavy (non-hydrogen) atoms. The zero-order chi connectivity index (χ0) is 18.8. The lowest BCUT2D eigenvalue weighted by molar-refractivity contribution is 0.0840. The SMILES string of the molecule is COc1ccc(CNc2nc3nc(C)cc(C4CCOCC4)n3n2)cc1Cl. The molecule has 0 bridgehead atoms. The van der Waals surface area contributed by atoms with E-state index in [1.165, 1.54) is 0 Å². The molecule has 0 saturated carbocycles. The third kappa shape index (κ3) is 3.84. The molecule has 4 rings (SSSR count). The van der Waals surface area contributed by atoms with E-state index in [-0.39, 0.29) is 0 Å². The fourth-order valence-corrected chi connectivity index (χ4v) is 3.65. The molecule has 0 unspecified atom stereocenters. The topological polar surface area (TPSA) is 73.6 Å². The summed E-state index contributed by atoms with van der Waals surface area (Å²) in [6.07, 6.45) is 1.98. The van der Waals surface area contributed by atoms with E-state index in [1.807, 2.05) is 29.6 Å². The molecule has 0 radical (unpaired) electrons. The number of methoxy groups -OCH3 is 1. The lowest BCUT2D eigenvalue weighted by atomic mass is 9.96. The van der Waals surface area contributed by atoms with E-state index in [9.17, 15) is 0 Å².